The lowest BCUT2D eigenvalue weighted by Gasteiger charge is -2.25. The van der Waals surface area contributed by atoms with Crippen LogP contribution in [0.2, 0.25) is 0 Å². The summed E-state index contributed by atoms with van der Waals surface area (Å²) >= 11 is 0. The Kier molecular flexibility index (Phi) is 5.18. The third kappa shape index (κ3) is 3.43. The first-order valence-corrected chi connectivity index (χ1v) is 11.5. The Bertz CT molecular complexity index is 887. The van der Waals surface area contributed by atoms with Gasteiger partial charge in [0.25, 0.3) is 0 Å². The third-order valence-electron chi connectivity index (χ3n) is 6.08. The number of nitrogens with one attached hydrogen (secondary N) is 1. The van der Waals surface area contributed by atoms with Crippen LogP contribution in [0, 0.1) is 0 Å². The Labute approximate surface area is 166 Å². The number of hydrogen-bond acceptors (Lipinski definition) is 4. The lowest BCUT2D eigenvalue weighted by atomic mass is 10.1. The van der Waals surface area contributed by atoms with Gasteiger partial charge in [0.15, 0.2) is 0 Å². The van der Waals surface area contributed by atoms with E-state index in [2.05, 4.69) is 5.32 Å². The molecule has 8 heteroatoms. The monoisotopic (exact) mass is 405 g/mol. The van der Waals surface area contributed by atoms with Crippen molar-refractivity contribution in [3.05, 3.63) is 23.8 Å². The Morgan fingerprint density at radius 3 is 2.39 bits per heavy atom. The van der Waals surface area contributed by atoms with Crippen molar-refractivity contribution in [3.8, 4) is 0 Å². The summed E-state index contributed by atoms with van der Waals surface area (Å²) in [6, 6.07) is 4.43. The van der Waals surface area contributed by atoms with Crippen molar-refractivity contribution in [2.45, 2.75) is 68.8 Å². The minimum absolute atomic E-state index is 0.151. The lowest BCUT2D eigenvalue weighted by Crippen LogP contribution is -2.49. The van der Waals surface area contributed by atoms with Gasteiger partial charge in [-0.2, -0.15) is 4.31 Å². The largest absolute Gasteiger partial charge is 0.352 e. The molecule has 1 aromatic carbocycles. The standard InChI is InChI=1S/C20H27N3O4S/c1-14(24)23-18-9-8-17(28(26,27)22-10-4-5-11-22)12-15(18)13-19(23)20(25)21-16-6-2-3-7-16/h8-9,12,16,19H,2-7,10-11,13H2,1H3,(H,21,25)/t19-/m1/s1. The maximum absolute atomic E-state index is 12.9. The molecule has 28 heavy (non-hydrogen) atoms. The van der Waals surface area contributed by atoms with Crippen LogP contribution < -0.4 is 10.2 Å². The summed E-state index contributed by atoms with van der Waals surface area (Å²) in [4.78, 5) is 26.9. The number of sulfonamides is 1. The first-order chi connectivity index (χ1) is 13.4. The van der Waals surface area contributed by atoms with E-state index < -0.39 is 16.1 Å². The van der Waals surface area contributed by atoms with Crippen LogP contribution in [0.4, 0.5) is 5.69 Å². The fraction of sp³-hybridized carbons (Fsp3) is 0.600. The average Bonchev–Trinajstić information content (AvgIpc) is 3.40. The van der Waals surface area contributed by atoms with E-state index in [1.54, 1.807) is 18.2 Å². The van der Waals surface area contributed by atoms with Gasteiger partial charge < -0.3 is 5.32 Å². The predicted octanol–water partition coefficient (Wildman–Crippen LogP) is 1.81. The second-order valence-electron chi connectivity index (χ2n) is 8.00. The summed E-state index contributed by atoms with van der Waals surface area (Å²) in [7, 11) is -3.53. The second kappa shape index (κ2) is 7.48. The van der Waals surface area contributed by atoms with Gasteiger partial charge >= 0.3 is 0 Å². The highest BCUT2D eigenvalue weighted by Gasteiger charge is 2.39. The van der Waals surface area contributed by atoms with E-state index in [0.29, 0.717) is 25.2 Å². The molecule has 0 bridgehead atoms. The molecule has 1 saturated carbocycles. The molecule has 2 fully saturated rings. The average molecular weight is 406 g/mol. The van der Waals surface area contributed by atoms with Crippen LogP contribution in [0.25, 0.3) is 0 Å². The number of nitrogens with zero attached hydrogens (tertiary/aromatic N) is 2. The third-order valence-corrected chi connectivity index (χ3v) is 7.98. The maximum atomic E-state index is 12.9. The molecule has 1 saturated heterocycles. The van der Waals surface area contributed by atoms with E-state index in [-0.39, 0.29) is 22.8 Å². The fourth-order valence-corrected chi connectivity index (χ4v) is 6.20. The SMILES string of the molecule is CC(=O)N1c2ccc(S(=O)(=O)N3CCCC3)cc2C[C@@H]1C(=O)NC1CCCC1. The van der Waals surface area contributed by atoms with Crippen LogP contribution >= 0.6 is 0 Å². The smallest absolute Gasteiger partial charge is 0.243 e. The molecular formula is C20H27N3O4S. The van der Waals surface area contributed by atoms with Gasteiger partial charge in [0, 0.05) is 38.2 Å². The van der Waals surface area contributed by atoms with Gasteiger partial charge in [-0.15, -0.1) is 0 Å². The van der Waals surface area contributed by atoms with Crippen molar-refractivity contribution in [2.75, 3.05) is 18.0 Å². The van der Waals surface area contributed by atoms with E-state index in [9.17, 15) is 18.0 Å². The molecule has 2 aliphatic heterocycles. The number of carbonyl (C=O) groups is 2. The summed E-state index contributed by atoms with van der Waals surface area (Å²) in [6.45, 7) is 2.54. The lowest BCUT2D eigenvalue weighted by molar-refractivity contribution is -0.126. The zero-order valence-corrected chi connectivity index (χ0v) is 17.0. The van der Waals surface area contributed by atoms with Crippen LogP contribution in [0.3, 0.4) is 0 Å². The zero-order valence-electron chi connectivity index (χ0n) is 16.2. The van der Waals surface area contributed by atoms with Crippen molar-refractivity contribution in [1.29, 1.82) is 0 Å². The zero-order chi connectivity index (χ0) is 19.9. The normalized spacial score (nSPS) is 23.2. The highest BCUT2D eigenvalue weighted by molar-refractivity contribution is 7.89. The fourth-order valence-electron chi connectivity index (χ4n) is 4.63. The quantitative estimate of drug-likeness (QED) is 0.828. The summed E-state index contributed by atoms with van der Waals surface area (Å²) in [6.07, 6.45) is 6.29. The molecule has 3 aliphatic rings. The van der Waals surface area contributed by atoms with E-state index in [0.717, 1.165) is 44.1 Å². The van der Waals surface area contributed by atoms with Crippen molar-refractivity contribution in [2.24, 2.45) is 0 Å². The van der Waals surface area contributed by atoms with Crippen molar-refractivity contribution < 1.29 is 18.0 Å². The topological polar surface area (TPSA) is 86.8 Å². The summed E-state index contributed by atoms with van der Waals surface area (Å²) in [5, 5.41) is 3.07. The molecule has 2 amide bonds. The molecule has 0 unspecified atom stereocenters. The van der Waals surface area contributed by atoms with Crippen molar-refractivity contribution in [1.82, 2.24) is 9.62 Å². The maximum Gasteiger partial charge on any atom is 0.243 e. The summed E-state index contributed by atoms with van der Waals surface area (Å²) < 4.78 is 27.2. The van der Waals surface area contributed by atoms with E-state index >= 15 is 0 Å². The number of hydrogen-bond donors (Lipinski definition) is 1. The number of rotatable bonds is 4. The molecule has 1 aromatic rings. The summed E-state index contributed by atoms with van der Waals surface area (Å²) in [5.74, 6) is -0.359. The van der Waals surface area contributed by atoms with Crippen molar-refractivity contribution >= 4 is 27.5 Å². The van der Waals surface area contributed by atoms with Crippen molar-refractivity contribution in [3.63, 3.8) is 0 Å². The highest BCUT2D eigenvalue weighted by Crippen LogP contribution is 2.35. The Hall–Kier alpha value is -1.93. The minimum Gasteiger partial charge on any atom is -0.352 e. The van der Waals surface area contributed by atoms with Gasteiger partial charge in [0.1, 0.15) is 6.04 Å². The molecule has 152 valence electrons. The molecule has 2 heterocycles. The molecule has 1 atom stereocenters. The number of carbonyl (C=O) groups excluding carboxylic acids is 2. The molecule has 7 nitrogen and oxygen atoms in total. The highest BCUT2D eigenvalue weighted by atomic mass is 32.2. The molecule has 1 N–H and O–H groups in total. The first-order valence-electron chi connectivity index (χ1n) is 10.1. The van der Waals surface area contributed by atoms with Crippen LogP contribution in [0.5, 0.6) is 0 Å². The number of fused-ring (bicyclic) bond motifs is 1. The second-order valence-corrected chi connectivity index (χ2v) is 9.94. The van der Waals surface area contributed by atoms with E-state index in [4.69, 9.17) is 0 Å². The van der Waals surface area contributed by atoms with Crippen LogP contribution in [0.15, 0.2) is 23.1 Å². The Morgan fingerprint density at radius 2 is 1.75 bits per heavy atom. The Balaban J connectivity index is 1.60. The minimum atomic E-state index is -3.53. The van der Waals surface area contributed by atoms with Gasteiger partial charge in [-0.05, 0) is 49.4 Å². The predicted molar refractivity (Wildman–Crippen MR) is 105 cm³/mol. The first kappa shape index (κ1) is 19.4. The molecular weight excluding hydrogens is 378 g/mol. The van der Waals surface area contributed by atoms with Crippen LogP contribution in [0.1, 0.15) is 51.0 Å². The van der Waals surface area contributed by atoms with E-state index in [1.807, 2.05) is 0 Å². The number of anilines is 1. The summed E-state index contributed by atoms with van der Waals surface area (Å²) in [5.41, 5.74) is 1.38. The molecule has 0 aromatic heterocycles. The molecule has 0 radical (unpaired) electrons. The molecule has 0 spiro atoms. The number of amides is 2. The molecule has 4 rings (SSSR count). The van der Waals surface area contributed by atoms with E-state index in [1.165, 1.54) is 16.1 Å². The van der Waals surface area contributed by atoms with Gasteiger partial charge in [-0.1, -0.05) is 12.8 Å². The Morgan fingerprint density at radius 1 is 1.07 bits per heavy atom. The number of benzene rings is 1. The molecule has 1 aliphatic carbocycles. The van der Waals surface area contributed by atoms with Gasteiger partial charge in [-0.25, -0.2) is 8.42 Å². The van der Waals surface area contributed by atoms with Gasteiger partial charge in [-0.3, -0.25) is 14.5 Å². The van der Waals surface area contributed by atoms with Gasteiger partial charge in [0.05, 0.1) is 4.90 Å². The van der Waals surface area contributed by atoms with Gasteiger partial charge in [0.2, 0.25) is 21.8 Å². The van der Waals surface area contributed by atoms with Crippen LogP contribution in [-0.2, 0) is 26.0 Å². The van der Waals surface area contributed by atoms with Crippen LogP contribution in [-0.4, -0.2) is 49.7 Å².